The summed E-state index contributed by atoms with van der Waals surface area (Å²) in [6, 6.07) is 14.5. The van der Waals surface area contributed by atoms with Crippen LogP contribution in [0, 0.1) is 0 Å². The van der Waals surface area contributed by atoms with Crippen LogP contribution in [-0.4, -0.2) is 16.1 Å². The van der Waals surface area contributed by atoms with Crippen LogP contribution in [0.4, 0.5) is 0 Å². The van der Waals surface area contributed by atoms with Gasteiger partial charge in [0.05, 0.1) is 10.9 Å². The van der Waals surface area contributed by atoms with E-state index in [1.54, 1.807) is 24.3 Å². The highest BCUT2D eigenvalue weighted by atomic mass is 35.5. The number of carbonyl (C=O) groups excluding carboxylic acids is 1. The van der Waals surface area contributed by atoms with Gasteiger partial charge in [-0.05, 0) is 43.0 Å². The lowest BCUT2D eigenvalue weighted by Crippen LogP contribution is -2.51. The molecule has 0 atom stereocenters. The zero-order chi connectivity index (χ0) is 17.4. The van der Waals surface area contributed by atoms with Crippen LogP contribution in [0.5, 0.6) is 0 Å². The summed E-state index contributed by atoms with van der Waals surface area (Å²) in [6.07, 6.45) is 2.77. The van der Waals surface area contributed by atoms with Gasteiger partial charge in [0.2, 0.25) is 0 Å². The van der Waals surface area contributed by atoms with Gasteiger partial charge in [-0.2, -0.15) is 5.10 Å². The summed E-state index contributed by atoms with van der Waals surface area (Å²) in [5.41, 5.74) is 0.560. The predicted molar refractivity (Wildman–Crippen MR) is 96.8 cm³/mol. The Morgan fingerprint density at radius 2 is 1.76 bits per heavy atom. The van der Waals surface area contributed by atoms with E-state index in [1.807, 2.05) is 24.3 Å². The summed E-state index contributed by atoms with van der Waals surface area (Å²) in [5.74, 6) is -0.290. The van der Waals surface area contributed by atoms with Gasteiger partial charge in [0.15, 0.2) is 5.69 Å². The molecule has 1 aliphatic carbocycles. The number of amides is 1. The van der Waals surface area contributed by atoms with Crippen molar-refractivity contribution in [3.63, 3.8) is 0 Å². The van der Waals surface area contributed by atoms with Crippen molar-refractivity contribution in [2.45, 2.75) is 24.8 Å². The lowest BCUT2D eigenvalue weighted by molar-refractivity contribution is 0.0819. The number of rotatable bonds is 3. The van der Waals surface area contributed by atoms with Crippen LogP contribution in [0.15, 0.2) is 53.3 Å². The van der Waals surface area contributed by atoms with E-state index >= 15 is 0 Å². The van der Waals surface area contributed by atoms with Gasteiger partial charge in [0, 0.05) is 10.4 Å². The highest BCUT2D eigenvalue weighted by Crippen LogP contribution is 2.41. The van der Waals surface area contributed by atoms with Crippen LogP contribution in [-0.2, 0) is 5.54 Å². The van der Waals surface area contributed by atoms with E-state index in [4.69, 9.17) is 11.6 Å². The molecule has 0 saturated heterocycles. The SMILES string of the molecule is O=C(NC1(c2ccc(Cl)cc2)CCC1)c1n[nH]c(=O)c2ccccc12. The predicted octanol–water partition coefficient (Wildman–Crippen LogP) is 3.39. The fourth-order valence-corrected chi connectivity index (χ4v) is 3.48. The van der Waals surface area contributed by atoms with Crippen molar-refractivity contribution in [2.75, 3.05) is 0 Å². The number of H-pyrrole nitrogens is 1. The van der Waals surface area contributed by atoms with E-state index in [1.165, 1.54) is 0 Å². The highest BCUT2D eigenvalue weighted by molar-refractivity contribution is 6.30. The molecule has 126 valence electrons. The second-order valence-electron chi connectivity index (χ2n) is 6.34. The quantitative estimate of drug-likeness (QED) is 0.758. The van der Waals surface area contributed by atoms with Gasteiger partial charge < -0.3 is 5.32 Å². The number of fused-ring (bicyclic) bond motifs is 1. The minimum Gasteiger partial charge on any atom is -0.341 e. The molecule has 2 N–H and O–H groups in total. The summed E-state index contributed by atoms with van der Waals surface area (Å²) in [7, 11) is 0. The first kappa shape index (κ1) is 15.8. The fourth-order valence-electron chi connectivity index (χ4n) is 3.35. The third-order valence-corrected chi connectivity index (χ3v) is 5.12. The molecule has 0 radical (unpaired) electrons. The first-order chi connectivity index (χ1) is 12.1. The number of hydrogen-bond donors (Lipinski definition) is 2. The average molecular weight is 354 g/mol. The van der Waals surface area contributed by atoms with Crippen LogP contribution >= 0.6 is 11.6 Å². The molecule has 0 aliphatic heterocycles. The van der Waals surface area contributed by atoms with Crippen molar-refractivity contribution < 1.29 is 4.79 Å². The molecule has 0 unspecified atom stereocenters. The molecule has 1 fully saturated rings. The molecule has 0 bridgehead atoms. The third kappa shape index (κ3) is 2.70. The second-order valence-corrected chi connectivity index (χ2v) is 6.78. The summed E-state index contributed by atoms with van der Waals surface area (Å²) in [4.78, 5) is 24.8. The Bertz CT molecular complexity index is 1010. The highest BCUT2D eigenvalue weighted by Gasteiger charge is 2.40. The van der Waals surface area contributed by atoms with Gasteiger partial charge in [-0.3, -0.25) is 9.59 Å². The number of aromatic nitrogens is 2. The molecule has 1 aliphatic rings. The molecule has 1 saturated carbocycles. The lowest BCUT2D eigenvalue weighted by Gasteiger charge is -2.43. The molecule has 2 aromatic carbocycles. The van der Waals surface area contributed by atoms with E-state index in [2.05, 4.69) is 15.5 Å². The standard InChI is InChI=1S/C19H16ClN3O2/c20-13-8-6-12(7-9-13)19(10-3-11-19)21-18(25)16-14-4-1-2-5-15(14)17(24)23-22-16/h1-2,4-9H,3,10-11H2,(H,21,25)(H,23,24). The summed E-state index contributed by atoms with van der Waals surface area (Å²) in [5, 5.41) is 11.2. The van der Waals surface area contributed by atoms with Gasteiger partial charge in [-0.1, -0.05) is 41.9 Å². The maximum Gasteiger partial charge on any atom is 0.273 e. The molecular weight excluding hydrogens is 338 g/mol. The lowest BCUT2D eigenvalue weighted by atomic mass is 9.71. The van der Waals surface area contributed by atoms with E-state index in [-0.39, 0.29) is 17.2 Å². The Hall–Kier alpha value is -2.66. The zero-order valence-electron chi connectivity index (χ0n) is 13.4. The number of aromatic amines is 1. The van der Waals surface area contributed by atoms with Crippen LogP contribution < -0.4 is 10.9 Å². The van der Waals surface area contributed by atoms with E-state index in [9.17, 15) is 9.59 Å². The molecule has 1 heterocycles. The first-order valence-electron chi connectivity index (χ1n) is 8.15. The normalized spacial score (nSPS) is 15.6. The van der Waals surface area contributed by atoms with Crippen molar-refractivity contribution >= 4 is 28.3 Å². The van der Waals surface area contributed by atoms with Crippen LogP contribution in [0.2, 0.25) is 5.02 Å². The molecule has 3 aromatic rings. The largest absolute Gasteiger partial charge is 0.341 e. The Morgan fingerprint density at radius 3 is 2.40 bits per heavy atom. The number of carbonyl (C=O) groups is 1. The monoisotopic (exact) mass is 353 g/mol. The summed E-state index contributed by atoms with van der Waals surface area (Å²) in [6.45, 7) is 0. The molecule has 1 amide bonds. The minimum absolute atomic E-state index is 0.232. The fraction of sp³-hybridized carbons (Fsp3) is 0.211. The number of hydrogen-bond acceptors (Lipinski definition) is 3. The smallest absolute Gasteiger partial charge is 0.273 e. The van der Waals surface area contributed by atoms with Crippen molar-refractivity contribution in [3.05, 3.63) is 75.2 Å². The van der Waals surface area contributed by atoms with Gasteiger partial charge in [0.1, 0.15) is 0 Å². The maximum atomic E-state index is 12.9. The van der Waals surface area contributed by atoms with Gasteiger partial charge in [-0.25, -0.2) is 5.10 Å². The third-order valence-electron chi connectivity index (χ3n) is 4.87. The molecule has 0 spiro atoms. The molecule has 6 heteroatoms. The molecule has 25 heavy (non-hydrogen) atoms. The molecule has 1 aromatic heterocycles. The second kappa shape index (κ2) is 6.01. The average Bonchev–Trinajstić information content (AvgIpc) is 2.59. The van der Waals surface area contributed by atoms with E-state index in [0.717, 1.165) is 24.8 Å². The Morgan fingerprint density at radius 1 is 1.08 bits per heavy atom. The Kier molecular flexibility index (Phi) is 3.81. The molecule has 5 nitrogen and oxygen atoms in total. The Balaban J connectivity index is 1.71. The zero-order valence-corrected chi connectivity index (χ0v) is 14.1. The van der Waals surface area contributed by atoms with Gasteiger partial charge >= 0.3 is 0 Å². The van der Waals surface area contributed by atoms with Crippen molar-refractivity contribution in [2.24, 2.45) is 0 Å². The van der Waals surface area contributed by atoms with Gasteiger partial charge in [-0.15, -0.1) is 0 Å². The first-order valence-corrected chi connectivity index (χ1v) is 8.53. The topological polar surface area (TPSA) is 74.8 Å². The number of nitrogens with one attached hydrogen (secondary N) is 2. The number of nitrogens with zero attached hydrogens (tertiary/aromatic N) is 1. The van der Waals surface area contributed by atoms with Crippen molar-refractivity contribution in [1.29, 1.82) is 0 Å². The van der Waals surface area contributed by atoms with Crippen LogP contribution in [0.3, 0.4) is 0 Å². The number of benzene rings is 2. The van der Waals surface area contributed by atoms with E-state index in [0.29, 0.717) is 15.8 Å². The Labute approximate surface area is 149 Å². The summed E-state index contributed by atoms with van der Waals surface area (Å²) >= 11 is 5.97. The van der Waals surface area contributed by atoms with Crippen LogP contribution in [0.1, 0.15) is 35.3 Å². The maximum absolute atomic E-state index is 12.9. The molecule has 4 rings (SSSR count). The number of halogens is 1. The van der Waals surface area contributed by atoms with Crippen molar-refractivity contribution in [3.8, 4) is 0 Å². The minimum atomic E-state index is -0.402. The van der Waals surface area contributed by atoms with Gasteiger partial charge in [0.25, 0.3) is 11.5 Å². The van der Waals surface area contributed by atoms with Crippen LogP contribution in [0.25, 0.3) is 10.8 Å². The van der Waals surface area contributed by atoms with Crippen molar-refractivity contribution in [1.82, 2.24) is 15.5 Å². The molecular formula is C19H16ClN3O2. The summed E-state index contributed by atoms with van der Waals surface area (Å²) < 4.78 is 0. The van der Waals surface area contributed by atoms with E-state index < -0.39 is 5.54 Å².